The van der Waals surface area contributed by atoms with Gasteiger partial charge in [0.05, 0.1) is 19.0 Å². The Labute approximate surface area is 113 Å². The molecule has 0 aromatic carbocycles. The van der Waals surface area contributed by atoms with E-state index in [9.17, 15) is 10.2 Å². The molecule has 102 valence electrons. The van der Waals surface area contributed by atoms with Gasteiger partial charge in [0.25, 0.3) is 0 Å². The summed E-state index contributed by atoms with van der Waals surface area (Å²) in [4.78, 5) is 12.2. The first kappa shape index (κ1) is 12.7. The number of rotatable bonds is 3. The highest BCUT2D eigenvalue weighted by Crippen LogP contribution is 2.34. The van der Waals surface area contributed by atoms with Crippen LogP contribution in [0.2, 0.25) is 5.15 Å². The molecule has 0 aliphatic carbocycles. The summed E-state index contributed by atoms with van der Waals surface area (Å²) in [7, 11) is 0. The largest absolute Gasteiger partial charge is 0.396 e. The van der Waals surface area contributed by atoms with Crippen LogP contribution >= 0.6 is 11.6 Å². The lowest BCUT2D eigenvalue weighted by Crippen LogP contribution is -2.23. The summed E-state index contributed by atoms with van der Waals surface area (Å²) in [5.74, 6) is -0.0928. The standard InChI is InChI=1S/C11H13ClN4O3/c12-10-9-11(14-4-13-10)16(5-15-9)8-1-6(2-17)7(3-18)19-8/h4-8,17-18H,1-3H2/t6-,7-,8+/m1/s1. The topological polar surface area (TPSA) is 93.3 Å². The van der Waals surface area contributed by atoms with E-state index in [1.165, 1.54) is 6.33 Å². The highest BCUT2D eigenvalue weighted by atomic mass is 35.5. The van der Waals surface area contributed by atoms with Crippen molar-refractivity contribution in [3.8, 4) is 0 Å². The monoisotopic (exact) mass is 284 g/mol. The summed E-state index contributed by atoms with van der Waals surface area (Å²) in [6.45, 7) is -0.145. The Kier molecular flexibility index (Phi) is 3.36. The average Bonchev–Trinajstić information content (AvgIpc) is 3.02. The molecular weight excluding hydrogens is 272 g/mol. The Hall–Kier alpha value is -1.28. The van der Waals surface area contributed by atoms with E-state index in [4.69, 9.17) is 16.3 Å². The predicted octanol–water partition coefficient (Wildman–Crippen LogP) is 0.368. The maximum absolute atomic E-state index is 9.28. The molecule has 1 aliphatic heterocycles. The summed E-state index contributed by atoms with van der Waals surface area (Å²) < 4.78 is 7.47. The number of hydrogen-bond acceptors (Lipinski definition) is 6. The zero-order chi connectivity index (χ0) is 13.4. The molecule has 3 heterocycles. The van der Waals surface area contributed by atoms with E-state index in [-0.39, 0.29) is 31.5 Å². The van der Waals surface area contributed by atoms with Gasteiger partial charge in [0.15, 0.2) is 10.8 Å². The molecular formula is C11H13ClN4O3. The van der Waals surface area contributed by atoms with Crippen molar-refractivity contribution in [1.82, 2.24) is 19.5 Å². The summed E-state index contributed by atoms with van der Waals surface area (Å²) in [5.41, 5.74) is 1.10. The maximum atomic E-state index is 9.28. The normalized spacial score (nSPS) is 27.2. The molecule has 0 spiro atoms. The molecule has 1 aliphatic rings. The van der Waals surface area contributed by atoms with Crippen LogP contribution in [-0.2, 0) is 4.74 Å². The Balaban J connectivity index is 1.95. The molecule has 0 unspecified atom stereocenters. The Morgan fingerprint density at radius 2 is 2.16 bits per heavy atom. The van der Waals surface area contributed by atoms with Crippen molar-refractivity contribution in [2.24, 2.45) is 5.92 Å². The highest BCUT2D eigenvalue weighted by Gasteiger charge is 2.36. The minimum atomic E-state index is -0.371. The van der Waals surface area contributed by atoms with Crippen LogP contribution < -0.4 is 0 Å². The van der Waals surface area contributed by atoms with Gasteiger partial charge in [0.2, 0.25) is 0 Å². The van der Waals surface area contributed by atoms with Crippen molar-refractivity contribution >= 4 is 22.8 Å². The zero-order valence-corrected chi connectivity index (χ0v) is 10.7. The summed E-state index contributed by atoms with van der Waals surface area (Å²) in [5, 5.41) is 18.8. The molecule has 1 fully saturated rings. The number of imidazole rings is 1. The van der Waals surface area contributed by atoms with Crippen molar-refractivity contribution in [1.29, 1.82) is 0 Å². The van der Waals surface area contributed by atoms with Crippen LogP contribution in [0.15, 0.2) is 12.7 Å². The van der Waals surface area contributed by atoms with Crippen LogP contribution in [0.4, 0.5) is 0 Å². The lowest BCUT2D eigenvalue weighted by atomic mass is 10.0. The number of aromatic nitrogens is 4. The van der Waals surface area contributed by atoms with E-state index in [0.29, 0.717) is 22.7 Å². The van der Waals surface area contributed by atoms with Gasteiger partial charge in [0, 0.05) is 18.9 Å². The number of aliphatic hydroxyl groups excluding tert-OH is 2. The van der Waals surface area contributed by atoms with Gasteiger partial charge in [-0.2, -0.15) is 0 Å². The SMILES string of the molecule is OC[C@H]1C[C@@H](n2cnc3c(Cl)ncnc32)O[C@@H]1CO. The van der Waals surface area contributed by atoms with Crippen molar-refractivity contribution in [3.63, 3.8) is 0 Å². The molecule has 3 rings (SSSR count). The fourth-order valence-electron chi connectivity index (χ4n) is 2.38. The van der Waals surface area contributed by atoms with Gasteiger partial charge in [-0.25, -0.2) is 15.0 Å². The van der Waals surface area contributed by atoms with Crippen molar-refractivity contribution in [2.75, 3.05) is 13.2 Å². The Bertz CT molecular complexity index is 578. The third kappa shape index (κ3) is 2.08. The van der Waals surface area contributed by atoms with E-state index in [1.54, 1.807) is 10.9 Å². The maximum Gasteiger partial charge on any atom is 0.166 e. The first-order valence-corrected chi connectivity index (χ1v) is 6.32. The Morgan fingerprint density at radius 3 is 2.84 bits per heavy atom. The number of halogens is 1. The molecule has 8 heteroatoms. The lowest BCUT2D eigenvalue weighted by Gasteiger charge is -2.14. The molecule has 0 saturated carbocycles. The quantitative estimate of drug-likeness (QED) is 0.791. The van der Waals surface area contributed by atoms with E-state index >= 15 is 0 Å². The summed E-state index contributed by atoms with van der Waals surface area (Å²) in [6, 6.07) is 0. The highest BCUT2D eigenvalue weighted by molar-refractivity contribution is 6.33. The zero-order valence-electron chi connectivity index (χ0n) is 9.98. The number of fused-ring (bicyclic) bond motifs is 1. The second kappa shape index (κ2) is 5.01. The van der Waals surface area contributed by atoms with Crippen molar-refractivity contribution < 1.29 is 14.9 Å². The molecule has 0 radical (unpaired) electrons. The third-order valence-corrected chi connectivity index (χ3v) is 3.68. The molecule has 2 aromatic rings. The van der Waals surface area contributed by atoms with Crippen LogP contribution in [0.5, 0.6) is 0 Å². The van der Waals surface area contributed by atoms with Crippen molar-refractivity contribution in [3.05, 3.63) is 17.8 Å². The Morgan fingerprint density at radius 1 is 1.32 bits per heavy atom. The second-order valence-corrected chi connectivity index (χ2v) is 4.84. The van der Waals surface area contributed by atoms with Gasteiger partial charge in [-0.1, -0.05) is 11.6 Å². The van der Waals surface area contributed by atoms with Gasteiger partial charge in [-0.15, -0.1) is 0 Å². The number of nitrogens with zero attached hydrogens (tertiary/aromatic N) is 4. The molecule has 3 atom stereocenters. The summed E-state index contributed by atoms with van der Waals surface area (Å²) in [6.07, 6.45) is 2.86. The first-order valence-electron chi connectivity index (χ1n) is 5.94. The molecule has 0 bridgehead atoms. The molecule has 7 nitrogen and oxygen atoms in total. The molecule has 1 saturated heterocycles. The fourth-order valence-corrected chi connectivity index (χ4v) is 2.55. The number of ether oxygens (including phenoxy) is 1. The van der Waals surface area contributed by atoms with E-state index in [2.05, 4.69) is 15.0 Å². The average molecular weight is 285 g/mol. The van der Waals surface area contributed by atoms with Crippen LogP contribution in [0, 0.1) is 5.92 Å². The minimum Gasteiger partial charge on any atom is -0.396 e. The predicted molar refractivity (Wildman–Crippen MR) is 66.5 cm³/mol. The smallest absolute Gasteiger partial charge is 0.166 e. The second-order valence-electron chi connectivity index (χ2n) is 4.48. The number of hydrogen-bond donors (Lipinski definition) is 2. The van der Waals surface area contributed by atoms with Crippen LogP contribution in [0.1, 0.15) is 12.6 Å². The van der Waals surface area contributed by atoms with Crippen LogP contribution in [0.25, 0.3) is 11.2 Å². The van der Waals surface area contributed by atoms with Crippen molar-refractivity contribution in [2.45, 2.75) is 18.8 Å². The molecule has 2 N–H and O–H groups in total. The van der Waals surface area contributed by atoms with Gasteiger partial charge in [0.1, 0.15) is 18.1 Å². The molecule has 19 heavy (non-hydrogen) atoms. The van der Waals surface area contributed by atoms with Gasteiger partial charge in [-0.3, -0.25) is 4.57 Å². The molecule has 2 aromatic heterocycles. The minimum absolute atomic E-state index is 0.0237. The van der Waals surface area contributed by atoms with E-state index in [1.807, 2.05) is 0 Å². The fraction of sp³-hybridized carbons (Fsp3) is 0.545. The van der Waals surface area contributed by atoms with Gasteiger partial charge < -0.3 is 14.9 Å². The molecule has 0 amide bonds. The van der Waals surface area contributed by atoms with Crippen LogP contribution in [0.3, 0.4) is 0 Å². The third-order valence-electron chi connectivity index (χ3n) is 3.40. The van der Waals surface area contributed by atoms with Crippen LogP contribution in [-0.4, -0.2) is 49.0 Å². The van der Waals surface area contributed by atoms with E-state index in [0.717, 1.165) is 0 Å². The first-order chi connectivity index (χ1) is 9.24. The summed E-state index contributed by atoms with van der Waals surface area (Å²) >= 11 is 5.94. The lowest BCUT2D eigenvalue weighted by molar-refractivity contribution is -0.0334. The van der Waals surface area contributed by atoms with Gasteiger partial charge in [-0.05, 0) is 0 Å². The number of aliphatic hydroxyl groups is 2. The van der Waals surface area contributed by atoms with E-state index < -0.39 is 0 Å². The van der Waals surface area contributed by atoms with Gasteiger partial charge >= 0.3 is 0 Å².